The highest BCUT2D eigenvalue weighted by molar-refractivity contribution is 6.06. The molecule has 3 heteroatoms. The molecule has 1 aliphatic rings. The van der Waals surface area contributed by atoms with Gasteiger partial charge >= 0.3 is 0 Å². The Balaban J connectivity index is 2.75. The Labute approximate surface area is 78.7 Å². The first kappa shape index (κ1) is 10.3. The smallest absolute Gasteiger partial charge is 0.198 e. The molecule has 0 heterocycles. The van der Waals surface area contributed by atoms with E-state index >= 15 is 0 Å². The summed E-state index contributed by atoms with van der Waals surface area (Å²) in [5, 5.41) is 0. The average Bonchev–Trinajstić information content (AvgIpc) is 2.00. The Morgan fingerprint density at radius 1 is 1.38 bits per heavy atom. The van der Waals surface area contributed by atoms with Gasteiger partial charge in [0.2, 0.25) is 0 Å². The Morgan fingerprint density at radius 2 is 1.92 bits per heavy atom. The Hall–Kier alpha value is -0.830. The minimum absolute atomic E-state index is 0.0331. The summed E-state index contributed by atoms with van der Waals surface area (Å²) in [4.78, 5) is 11.2. The maximum atomic E-state index is 11.2. The third-order valence-corrected chi connectivity index (χ3v) is 2.03. The van der Waals surface area contributed by atoms with Crippen molar-refractivity contribution in [2.45, 2.75) is 38.9 Å². The molecular formula is C10H16O3. The van der Waals surface area contributed by atoms with Gasteiger partial charge in [0.1, 0.15) is 11.4 Å². The predicted molar refractivity (Wildman–Crippen MR) is 49.3 cm³/mol. The molecule has 0 saturated carbocycles. The quantitative estimate of drug-likeness (QED) is 0.655. The van der Waals surface area contributed by atoms with Gasteiger partial charge < -0.3 is 9.47 Å². The molecule has 0 saturated heterocycles. The monoisotopic (exact) mass is 184 g/mol. The van der Waals surface area contributed by atoms with Crippen LogP contribution in [-0.4, -0.2) is 24.1 Å². The highest BCUT2D eigenvalue weighted by Crippen LogP contribution is 2.34. The van der Waals surface area contributed by atoms with Gasteiger partial charge in [0.25, 0.3) is 0 Å². The topological polar surface area (TPSA) is 35.5 Å². The van der Waals surface area contributed by atoms with Gasteiger partial charge in [-0.15, -0.1) is 0 Å². The lowest BCUT2D eigenvalue weighted by molar-refractivity contribution is -0.144. The second-order valence-corrected chi connectivity index (χ2v) is 4.32. The molecule has 1 atom stereocenters. The van der Waals surface area contributed by atoms with E-state index in [1.807, 2.05) is 20.8 Å². The second-order valence-electron chi connectivity index (χ2n) is 4.32. The van der Waals surface area contributed by atoms with Crippen molar-refractivity contribution in [1.29, 1.82) is 0 Å². The fourth-order valence-corrected chi connectivity index (χ4v) is 1.10. The molecule has 0 amide bonds. The van der Waals surface area contributed by atoms with Crippen molar-refractivity contribution >= 4 is 5.78 Å². The summed E-state index contributed by atoms with van der Waals surface area (Å²) in [6, 6.07) is 0. The molecule has 0 aliphatic heterocycles. The molecule has 13 heavy (non-hydrogen) atoms. The van der Waals surface area contributed by atoms with Crippen LogP contribution in [0.2, 0.25) is 0 Å². The van der Waals surface area contributed by atoms with Gasteiger partial charge in [0.15, 0.2) is 11.4 Å². The van der Waals surface area contributed by atoms with Crippen molar-refractivity contribution in [1.82, 2.24) is 0 Å². The predicted octanol–water partition coefficient (Wildman–Crippen LogP) is 1.67. The van der Waals surface area contributed by atoms with Crippen molar-refractivity contribution in [3.63, 3.8) is 0 Å². The molecule has 1 unspecified atom stereocenters. The number of carbonyl (C=O) groups is 1. The highest BCUT2D eigenvalue weighted by atomic mass is 16.6. The molecule has 0 spiro atoms. The first-order valence-corrected chi connectivity index (χ1v) is 4.30. The van der Waals surface area contributed by atoms with E-state index in [9.17, 15) is 4.79 Å². The third-order valence-electron chi connectivity index (χ3n) is 2.03. The van der Waals surface area contributed by atoms with E-state index in [4.69, 9.17) is 9.47 Å². The van der Waals surface area contributed by atoms with Crippen molar-refractivity contribution < 1.29 is 14.3 Å². The Kier molecular flexibility index (Phi) is 2.24. The zero-order valence-corrected chi connectivity index (χ0v) is 8.80. The van der Waals surface area contributed by atoms with Crippen LogP contribution in [0.5, 0.6) is 0 Å². The lowest BCUT2D eigenvalue weighted by Crippen LogP contribution is -2.48. The van der Waals surface area contributed by atoms with E-state index in [2.05, 4.69) is 0 Å². The molecule has 74 valence electrons. The molecule has 1 rings (SSSR count). The number of hydrogen-bond acceptors (Lipinski definition) is 3. The van der Waals surface area contributed by atoms with Crippen LogP contribution >= 0.6 is 0 Å². The molecule has 1 aliphatic carbocycles. The average molecular weight is 184 g/mol. The van der Waals surface area contributed by atoms with Crippen LogP contribution < -0.4 is 0 Å². The summed E-state index contributed by atoms with van der Waals surface area (Å²) in [6.07, 6.45) is 1.48. The van der Waals surface area contributed by atoms with Crippen LogP contribution in [0.25, 0.3) is 0 Å². The number of hydrogen-bond donors (Lipinski definition) is 0. The fraction of sp³-hybridized carbons (Fsp3) is 0.700. The van der Waals surface area contributed by atoms with E-state index in [1.165, 1.54) is 13.2 Å². The van der Waals surface area contributed by atoms with Gasteiger partial charge in [-0.05, 0) is 27.7 Å². The van der Waals surface area contributed by atoms with Crippen molar-refractivity contribution in [2.75, 3.05) is 7.11 Å². The zero-order valence-electron chi connectivity index (χ0n) is 8.80. The summed E-state index contributed by atoms with van der Waals surface area (Å²) in [5.74, 6) is 0.585. The molecule has 0 aromatic rings. The van der Waals surface area contributed by atoms with Crippen LogP contribution in [0.1, 0.15) is 27.7 Å². The standard InChI is InChI=1S/C10H16O3/c1-9(2,3)13-8-6-7(11)10(8,4)12-5/h6H,1-5H3. The number of ketones is 1. The van der Waals surface area contributed by atoms with E-state index in [0.29, 0.717) is 5.76 Å². The summed E-state index contributed by atoms with van der Waals surface area (Å²) in [7, 11) is 1.51. The van der Waals surface area contributed by atoms with Crippen LogP contribution in [0, 0.1) is 0 Å². The van der Waals surface area contributed by atoms with E-state index in [0.717, 1.165) is 0 Å². The minimum atomic E-state index is -0.854. The molecule has 0 aromatic carbocycles. The number of methoxy groups -OCH3 is 1. The lowest BCUT2D eigenvalue weighted by Gasteiger charge is -2.38. The van der Waals surface area contributed by atoms with Crippen molar-refractivity contribution in [3.8, 4) is 0 Å². The molecule has 0 fully saturated rings. The summed E-state index contributed by atoms with van der Waals surface area (Å²) >= 11 is 0. The number of ether oxygens (including phenoxy) is 2. The zero-order chi connectivity index (χ0) is 10.3. The summed E-state index contributed by atoms with van der Waals surface area (Å²) in [5.41, 5.74) is -1.14. The molecule has 0 aromatic heterocycles. The first-order chi connectivity index (χ1) is 5.79. The summed E-state index contributed by atoms with van der Waals surface area (Å²) < 4.78 is 10.7. The van der Waals surface area contributed by atoms with Crippen LogP contribution in [-0.2, 0) is 14.3 Å². The third kappa shape index (κ3) is 1.75. The Morgan fingerprint density at radius 3 is 2.23 bits per heavy atom. The molecular weight excluding hydrogens is 168 g/mol. The maximum Gasteiger partial charge on any atom is 0.198 e. The van der Waals surface area contributed by atoms with Crippen molar-refractivity contribution in [3.05, 3.63) is 11.8 Å². The lowest BCUT2D eigenvalue weighted by atomic mass is 9.86. The minimum Gasteiger partial charge on any atom is -0.489 e. The molecule has 3 nitrogen and oxygen atoms in total. The van der Waals surface area contributed by atoms with Gasteiger partial charge in [-0.1, -0.05) is 0 Å². The SMILES string of the molecule is COC1(C)C(=O)C=C1OC(C)(C)C. The van der Waals surface area contributed by atoms with E-state index < -0.39 is 5.60 Å². The normalized spacial score (nSPS) is 28.1. The fourth-order valence-electron chi connectivity index (χ4n) is 1.10. The van der Waals surface area contributed by atoms with Crippen LogP contribution in [0.4, 0.5) is 0 Å². The van der Waals surface area contributed by atoms with Gasteiger partial charge in [-0.2, -0.15) is 0 Å². The van der Waals surface area contributed by atoms with Crippen LogP contribution in [0.15, 0.2) is 11.8 Å². The van der Waals surface area contributed by atoms with Crippen molar-refractivity contribution in [2.24, 2.45) is 0 Å². The highest BCUT2D eigenvalue weighted by Gasteiger charge is 2.47. The van der Waals surface area contributed by atoms with Gasteiger partial charge in [0.05, 0.1) is 0 Å². The van der Waals surface area contributed by atoms with Crippen LogP contribution in [0.3, 0.4) is 0 Å². The van der Waals surface area contributed by atoms with Gasteiger partial charge in [0, 0.05) is 13.2 Å². The molecule has 0 radical (unpaired) electrons. The van der Waals surface area contributed by atoms with Gasteiger partial charge in [-0.25, -0.2) is 0 Å². The number of rotatable bonds is 2. The van der Waals surface area contributed by atoms with E-state index in [-0.39, 0.29) is 11.4 Å². The largest absolute Gasteiger partial charge is 0.489 e. The Bertz CT molecular complexity index is 260. The van der Waals surface area contributed by atoms with E-state index in [1.54, 1.807) is 6.92 Å². The second kappa shape index (κ2) is 2.84. The maximum absolute atomic E-state index is 11.2. The van der Waals surface area contributed by atoms with Gasteiger partial charge in [-0.3, -0.25) is 4.79 Å². The first-order valence-electron chi connectivity index (χ1n) is 4.30. The number of carbonyl (C=O) groups excluding carboxylic acids is 1. The summed E-state index contributed by atoms with van der Waals surface area (Å²) in [6.45, 7) is 7.53. The molecule has 0 N–H and O–H groups in total. The molecule has 0 bridgehead atoms.